The molecule has 3 aromatic rings. The molecule has 27 heavy (non-hydrogen) atoms. The molecule has 138 valence electrons. The molecule has 2 N–H and O–H groups in total. The van der Waals surface area contributed by atoms with Crippen LogP contribution in [0.15, 0.2) is 27.9 Å². The molecule has 4 rings (SSSR count). The van der Waals surface area contributed by atoms with Crippen LogP contribution in [-0.2, 0) is 6.54 Å². The number of methoxy groups -OCH3 is 1. The fraction of sp³-hybridized carbons (Fsp3) is 0.222. The van der Waals surface area contributed by atoms with Crippen molar-refractivity contribution in [2.45, 2.75) is 6.54 Å². The number of ether oxygens (including phenoxy) is 1. The summed E-state index contributed by atoms with van der Waals surface area (Å²) in [5, 5.41) is 4.00. The van der Waals surface area contributed by atoms with Gasteiger partial charge in [0.1, 0.15) is 29.2 Å². The number of halogens is 1. The maximum atomic E-state index is 12.4. The molecule has 0 unspecified atom stereocenters. The van der Waals surface area contributed by atoms with Crippen molar-refractivity contribution in [3.05, 3.63) is 39.8 Å². The summed E-state index contributed by atoms with van der Waals surface area (Å²) in [5.74, 6) is 1.11. The Kier molecular flexibility index (Phi) is 4.31. The second-order valence-electron chi connectivity index (χ2n) is 6.31. The number of aromatic nitrogens is 3. The van der Waals surface area contributed by atoms with E-state index in [0.717, 1.165) is 16.8 Å². The molecule has 0 spiro atoms. The maximum Gasteiger partial charge on any atom is 0.271 e. The molecule has 1 aliphatic rings. The van der Waals surface area contributed by atoms with E-state index in [4.69, 9.17) is 4.74 Å². The fourth-order valence-corrected chi connectivity index (χ4v) is 3.63. The molecule has 2 aromatic heterocycles. The zero-order valence-electron chi connectivity index (χ0n) is 15.0. The van der Waals surface area contributed by atoms with Gasteiger partial charge in [-0.15, -0.1) is 0 Å². The second kappa shape index (κ2) is 6.66. The van der Waals surface area contributed by atoms with E-state index in [1.54, 1.807) is 21.2 Å². The highest BCUT2D eigenvalue weighted by molar-refractivity contribution is 9.10. The summed E-state index contributed by atoms with van der Waals surface area (Å²) >= 11 is 3.52. The number of benzene rings is 1. The van der Waals surface area contributed by atoms with Crippen molar-refractivity contribution < 1.29 is 9.53 Å². The summed E-state index contributed by atoms with van der Waals surface area (Å²) < 4.78 is 6.13. The lowest BCUT2D eigenvalue weighted by atomic mass is 10.1. The minimum atomic E-state index is -0.155. The highest BCUT2D eigenvalue weighted by atomic mass is 79.9. The van der Waals surface area contributed by atoms with Crippen LogP contribution in [-0.4, -0.2) is 53.2 Å². The molecule has 0 radical (unpaired) electrons. The number of H-pyrrole nitrogens is 1. The minimum absolute atomic E-state index is 0.155. The largest absolute Gasteiger partial charge is 0.495 e. The molecule has 9 heteroatoms. The zero-order valence-corrected chi connectivity index (χ0v) is 16.6. The molecule has 1 aromatic carbocycles. The van der Waals surface area contributed by atoms with E-state index in [9.17, 15) is 4.79 Å². The number of nitrogens with one attached hydrogen (secondary N) is 2. The molecule has 0 atom stereocenters. The number of aliphatic imine (C=N–C) groups is 1. The number of fused-ring (bicyclic) bond motifs is 2. The predicted octanol–water partition coefficient (Wildman–Crippen LogP) is 3.11. The van der Waals surface area contributed by atoms with Gasteiger partial charge in [-0.25, -0.2) is 9.97 Å². The Balaban J connectivity index is 1.81. The Morgan fingerprint density at radius 1 is 1.33 bits per heavy atom. The number of hydrogen-bond donors (Lipinski definition) is 2. The van der Waals surface area contributed by atoms with Gasteiger partial charge in [-0.2, -0.15) is 0 Å². The third-order valence-corrected chi connectivity index (χ3v) is 5.15. The third-order valence-electron chi connectivity index (χ3n) is 4.36. The van der Waals surface area contributed by atoms with Crippen molar-refractivity contribution in [2.75, 3.05) is 26.5 Å². The standard InChI is InChI=1S/C18H17BrN6O2/c1-25(2)18(26)15-14(19)13-16(21-8-22-17(13)24-15)23-11-4-9-6-20-7-10(9)5-12(11)27-3/h4-6,8H,7H2,1-3H3,(H2,21,22,23,24). The SMILES string of the molecule is COc1cc2c(cc1Nc1ncnc3[nH]c(C(=O)N(C)C)c(Br)c13)C=NC2. The van der Waals surface area contributed by atoms with Crippen molar-refractivity contribution in [1.29, 1.82) is 0 Å². The van der Waals surface area contributed by atoms with Crippen molar-refractivity contribution >= 4 is 50.6 Å². The maximum absolute atomic E-state index is 12.4. The number of aromatic amines is 1. The Bertz CT molecular complexity index is 1090. The van der Waals surface area contributed by atoms with E-state index in [-0.39, 0.29) is 5.91 Å². The van der Waals surface area contributed by atoms with Gasteiger partial charge in [0.2, 0.25) is 0 Å². The number of anilines is 2. The van der Waals surface area contributed by atoms with E-state index in [0.29, 0.717) is 39.3 Å². The van der Waals surface area contributed by atoms with E-state index in [2.05, 4.69) is 41.2 Å². The lowest BCUT2D eigenvalue weighted by Gasteiger charge is -2.13. The van der Waals surface area contributed by atoms with E-state index < -0.39 is 0 Å². The lowest BCUT2D eigenvalue weighted by Crippen LogP contribution is -2.22. The number of nitrogens with zero attached hydrogens (tertiary/aromatic N) is 4. The zero-order chi connectivity index (χ0) is 19.1. The number of carbonyl (C=O) groups excluding carboxylic acids is 1. The molecular formula is C18H17BrN6O2. The summed E-state index contributed by atoms with van der Waals surface area (Å²) in [5.41, 5.74) is 3.91. The molecule has 0 aliphatic carbocycles. The van der Waals surface area contributed by atoms with Crippen LogP contribution in [0.4, 0.5) is 11.5 Å². The molecule has 1 aliphatic heterocycles. The Morgan fingerprint density at radius 2 is 2.15 bits per heavy atom. The van der Waals surface area contributed by atoms with Crippen LogP contribution in [0.25, 0.3) is 11.0 Å². The van der Waals surface area contributed by atoms with Gasteiger partial charge in [0.15, 0.2) is 0 Å². The summed E-state index contributed by atoms with van der Waals surface area (Å²) in [6.45, 7) is 0.656. The van der Waals surface area contributed by atoms with Gasteiger partial charge in [-0.1, -0.05) is 0 Å². The number of amides is 1. The molecule has 0 saturated heterocycles. The van der Waals surface area contributed by atoms with Gasteiger partial charge in [0.25, 0.3) is 5.91 Å². The van der Waals surface area contributed by atoms with Crippen LogP contribution < -0.4 is 10.1 Å². The first-order valence-corrected chi connectivity index (χ1v) is 9.00. The quantitative estimate of drug-likeness (QED) is 0.665. The van der Waals surface area contributed by atoms with Gasteiger partial charge in [0.05, 0.1) is 29.2 Å². The molecule has 3 heterocycles. The Morgan fingerprint density at radius 3 is 2.89 bits per heavy atom. The van der Waals surface area contributed by atoms with Crippen LogP contribution in [0.2, 0.25) is 0 Å². The lowest BCUT2D eigenvalue weighted by molar-refractivity contribution is 0.0822. The van der Waals surface area contributed by atoms with Gasteiger partial charge in [-0.05, 0) is 39.2 Å². The number of rotatable bonds is 4. The molecule has 1 amide bonds. The van der Waals surface area contributed by atoms with E-state index in [1.807, 2.05) is 18.3 Å². The summed E-state index contributed by atoms with van der Waals surface area (Å²) in [6, 6.07) is 3.95. The van der Waals surface area contributed by atoms with Crippen LogP contribution in [0.3, 0.4) is 0 Å². The van der Waals surface area contributed by atoms with Crippen LogP contribution in [0, 0.1) is 0 Å². The smallest absolute Gasteiger partial charge is 0.271 e. The van der Waals surface area contributed by atoms with Gasteiger partial charge >= 0.3 is 0 Å². The van der Waals surface area contributed by atoms with Crippen LogP contribution in [0.5, 0.6) is 5.75 Å². The Hall–Kier alpha value is -2.94. The van der Waals surface area contributed by atoms with Crippen molar-refractivity contribution in [2.24, 2.45) is 4.99 Å². The normalized spacial score (nSPS) is 12.3. The fourth-order valence-electron chi connectivity index (χ4n) is 2.98. The molecular weight excluding hydrogens is 412 g/mol. The van der Waals surface area contributed by atoms with E-state index >= 15 is 0 Å². The topological polar surface area (TPSA) is 95.5 Å². The van der Waals surface area contributed by atoms with Crippen LogP contribution in [0.1, 0.15) is 21.6 Å². The average molecular weight is 429 g/mol. The van der Waals surface area contributed by atoms with E-state index in [1.165, 1.54) is 11.2 Å². The number of hydrogen-bond acceptors (Lipinski definition) is 6. The summed E-state index contributed by atoms with van der Waals surface area (Å²) in [7, 11) is 5.02. The van der Waals surface area contributed by atoms with Crippen molar-refractivity contribution in [1.82, 2.24) is 19.9 Å². The van der Waals surface area contributed by atoms with Crippen molar-refractivity contribution in [3.8, 4) is 5.75 Å². The minimum Gasteiger partial charge on any atom is -0.495 e. The van der Waals surface area contributed by atoms with Gasteiger partial charge in [-0.3, -0.25) is 9.79 Å². The number of carbonyl (C=O) groups is 1. The monoisotopic (exact) mass is 428 g/mol. The molecule has 0 fully saturated rings. The predicted molar refractivity (Wildman–Crippen MR) is 107 cm³/mol. The first-order valence-electron chi connectivity index (χ1n) is 8.21. The molecule has 8 nitrogen and oxygen atoms in total. The van der Waals surface area contributed by atoms with Gasteiger partial charge in [0, 0.05) is 20.3 Å². The molecule has 0 bridgehead atoms. The first-order chi connectivity index (χ1) is 13.0. The average Bonchev–Trinajstić information content (AvgIpc) is 3.24. The second-order valence-corrected chi connectivity index (χ2v) is 7.10. The van der Waals surface area contributed by atoms with Crippen LogP contribution >= 0.6 is 15.9 Å². The Labute approximate surface area is 163 Å². The third kappa shape index (κ3) is 2.93. The molecule has 0 saturated carbocycles. The van der Waals surface area contributed by atoms with Crippen molar-refractivity contribution in [3.63, 3.8) is 0 Å². The summed E-state index contributed by atoms with van der Waals surface area (Å²) in [4.78, 5) is 29.9. The first kappa shape index (κ1) is 17.5. The summed E-state index contributed by atoms with van der Waals surface area (Å²) in [6.07, 6.45) is 3.29. The highest BCUT2D eigenvalue weighted by Gasteiger charge is 2.22. The van der Waals surface area contributed by atoms with Gasteiger partial charge < -0.3 is 19.9 Å². The highest BCUT2D eigenvalue weighted by Crippen LogP contribution is 2.36.